The molecule has 1 aromatic carbocycles. The van der Waals surface area contributed by atoms with E-state index in [-0.39, 0.29) is 12.0 Å². The summed E-state index contributed by atoms with van der Waals surface area (Å²) in [5.74, 6) is 0.385. The van der Waals surface area contributed by atoms with E-state index in [4.69, 9.17) is 17.3 Å². The number of hydrogen-bond acceptors (Lipinski definition) is 2. The molecule has 0 bridgehead atoms. The topological polar surface area (TPSA) is 46.2 Å². The molecular formula is C11H14ClNO. The van der Waals surface area contributed by atoms with Crippen LogP contribution in [0.25, 0.3) is 0 Å². The van der Waals surface area contributed by atoms with Crippen molar-refractivity contribution in [2.45, 2.75) is 12.3 Å². The third kappa shape index (κ3) is 1.54. The molecule has 0 unspecified atom stereocenters. The standard InChI is InChI=1S/C11H14ClNO/c12-9-3-1-2-8(4-9)10-5-11(10,6-13)7-14/h1-4,10,14H,5-7,13H2/t10-,11-/m1/s1. The minimum atomic E-state index is -0.0787. The van der Waals surface area contributed by atoms with E-state index in [0.29, 0.717) is 12.5 Å². The average Bonchev–Trinajstić information content (AvgIpc) is 2.93. The zero-order valence-corrected chi connectivity index (χ0v) is 8.67. The second-order valence-corrected chi connectivity index (χ2v) is 4.47. The van der Waals surface area contributed by atoms with E-state index in [1.165, 1.54) is 5.56 Å². The van der Waals surface area contributed by atoms with Gasteiger partial charge in [-0.15, -0.1) is 0 Å². The third-order valence-electron chi connectivity index (χ3n) is 3.16. The molecule has 2 nitrogen and oxygen atoms in total. The molecule has 0 heterocycles. The number of hydrogen-bond donors (Lipinski definition) is 2. The first-order valence-electron chi connectivity index (χ1n) is 4.78. The fraction of sp³-hybridized carbons (Fsp3) is 0.455. The normalized spacial score (nSPS) is 30.4. The van der Waals surface area contributed by atoms with Gasteiger partial charge in [0.15, 0.2) is 0 Å². The zero-order chi connectivity index (χ0) is 10.2. The average molecular weight is 212 g/mol. The summed E-state index contributed by atoms with van der Waals surface area (Å²) >= 11 is 5.90. The predicted octanol–water partition coefficient (Wildman–Crippen LogP) is 1.76. The van der Waals surface area contributed by atoms with E-state index in [1.807, 2.05) is 24.3 Å². The SMILES string of the molecule is NC[C@@]1(CO)C[C@@H]1c1cccc(Cl)c1. The van der Waals surface area contributed by atoms with Gasteiger partial charge in [0.05, 0.1) is 6.61 Å². The molecule has 0 aliphatic heterocycles. The van der Waals surface area contributed by atoms with Crippen LogP contribution in [0.4, 0.5) is 0 Å². The first-order chi connectivity index (χ1) is 6.72. The first kappa shape index (κ1) is 9.97. The molecule has 1 fully saturated rings. The molecule has 76 valence electrons. The van der Waals surface area contributed by atoms with Crippen molar-refractivity contribution in [2.24, 2.45) is 11.1 Å². The van der Waals surface area contributed by atoms with Crippen LogP contribution in [0.15, 0.2) is 24.3 Å². The Bertz CT molecular complexity index is 336. The number of aliphatic hydroxyl groups is 1. The zero-order valence-electron chi connectivity index (χ0n) is 7.91. The van der Waals surface area contributed by atoms with Crippen LogP contribution in [0, 0.1) is 5.41 Å². The van der Waals surface area contributed by atoms with Gasteiger partial charge >= 0.3 is 0 Å². The molecule has 1 aromatic rings. The summed E-state index contributed by atoms with van der Waals surface area (Å²) in [5.41, 5.74) is 6.77. The Kier molecular flexibility index (Phi) is 2.52. The highest BCUT2D eigenvalue weighted by molar-refractivity contribution is 6.30. The van der Waals surface area contributed by atoms with Crippen molar-refractivity contribution in [1.82, 2.24) is 0 Å². The quantitative estimate of drug-likeness (QED) is 0.801. The summed E-state index contributed by atoms with van der Waals surface area (Å²) in [5, 5.41) is 9.99. The van der Waals surface area contributed by atoms with E-state index in [1.54, 1.807) is 0 Å². The summed E-state index contributed by atoms with van der Waals surface area (Å²) in [4.78, 5) is 0. The van der Waals surface area contributed by atoms with Crippen LogP contribution in [-0.2, 0) is 0 Å². The van der Waals surface area contributed by atoms with Crippen LogP contribution in [0.1, 0.15) is 17.9 Å². The fourth-order valence-corrected chi connectivity index (χ4v) is 2.21. The minimum absolute atomic E-state index is 0.0787. The van der Waals surface area contributed by atoms with Crippen LogP contribution >= 0.6 is 11.6 Å². The van der Waals surface area contributed by atoms with E-state index in [9.17, 15) is 5.11 Å². The summed E-state index contributed by atoms with van der Waals surface area (Å²) in [6.45, 7) is 0.710. The maximum atomic E-state index is 9.24. The second-order valence-electron chi connectivity index (χ2n) is 4.04. The lowest BCUT2D eigenvalue weighted by molar-refractivity contribution is 0.211. The van der Waals surface area contributed by atoms with E-state index < -0.39 is 0 Å². The molecule has 2 atom stereocenters. The van der Waals surface area contributed by atoms with E-state index >= 15 is 0 Å². The van der Waals surface area contributed by atoms with Gasteiger partial charge in [-0.25, -0.2) is 0 Å². The molecule has 14 heavy (non-hydrogen) atoms. The molecule has 1 aliphatic rings. The number of aliphatic hydroxyl groups excluding tert-OH is 1. The molecule has 0 amide bonds. The third-order valence-corrected chi connectivity index (χ3v) is 3.40. The number of benzene rings is 1. The van der Waals surface area contributed by atoms with Crippen LogP contribution < -0.4 is 5.73 Å². The first-order valence-corrected chi connectivity index (χ1v) is 5.16. The van der Waals surface area contributed by atoms with E-state index in [0.717, 1.165) is 11.4 Å². The lowest BCUT2D eigenvalue weighted by Crippen LogP contribution is -2.21. The maximum absolute atomic E-state index is 9.24. The second kappa shape index (κ2) is 3.54. The van der Waals surface area contributed by atoms with Crippen LogP contribution in [0.2, 0.25) is 5.02 Å². The molecule has 0 aromatic heterocycles. The number of nitrogens with two attached hydrogens (primary N) is 1. The van der Waals surface area contributed by atoms with Gasteiger partial charge in [0, 0.05) is 17.0 Å². The van der Waals surface area contributed by atoms with Gasteiger partial charge in [0.1, 0.15) is 0 Å². The molecule has 1 saturated carbocycles. The maximum Gasteiger partial charge on any atom is 0.0505 e. The molecular weight excluding hydrogens is 198 g/mol. The van der Waals surface area contributed by atoms with Crippen LogP contribution in [0.5, 0.6) is 0 Å². The molecule has 3 heteroatoms. The molecule has 0 spiro atoms. The number of halogens is 1. The summed E-state index contributed by atoms with van der Waals surface area (Å²) < 4.78 is 0. The van der Waals surface area contributed by atoms with E-state index in [2.05, 4.69) is 0 Å². The van der Waals surface area contributed by atoms with Crippen molar-refractivity contribution in [1.29, 1.82) is 0 Å². The molecule has 3 N–H and O–H groups in total. The van der Waals surface area contributed by atoms with Crippen molar-refractivity contribution >= 4 is 11.6 Å². The molecule has 1 aliphatic carbocycles. The van der Waals surface area contributed by atoms with Crippen molar-refractivity contribution in [3.05, 3.63) is 34.9 Å². The predicted molar refractivity (Wildman–Crippen MR) is 57.4 cm³/mol. The molecule has 2 rings (SSSR count). The summed E-state index contributed by atoms with van der Waals surface area (Å²) in [6.07, 6.45) is 0.973. The van der Waals surface area contributed by atoms with Crippen molar-refractivity contribution in [3.8, 4) is 0 Å². The lowest BCUT2D eigenvalue weighted by atomic mass is 10.0. The van der Waals surface area contributed by atoms with Gasteiger partial charge in [-0.1, -0.05) is 23.7 Å². The summed E-state index contributed by atoms with van der Waals surface area (Å²) in [7, 11) is 0. The highest BCUT2D eigenvalue weighted by atomic mass is 35.5. The van der Waals surface area contributed by atoms with Crippen molar-refractivity contribution < 1.29 is 5.11 Å². The van der Waals surface area contributed by atoms with Crippen molar-refractivity contribution in [2.75, 3.05) is 13.2 Å². The lowest BCUT2D eigenvalue weighted by Gasteiger charge is -2.10. The van der Waals surface area contributed by atoms with Crippen LogP contribution in [0.3, 0.4) is 0 Å². The Morgan fingerprint density at radius 1 is 1.57 bits per heavy atom. The molecule has 0 radical (unpaired) electrons. The smallest absolute Gasteiger partial charge is 0.0505 e. The number of rotatable bonds is 3. The largest absolute Gasteiger partial charge is 0.396 e. The van der Waals surface area contributed by atoms with Gasteiger partial charge in [0.25, 0.3) is 0 Å². The van der Waals surface area contributed by atoms with Crippen molar-refractivity contribution in [3.63, 3.8) is 0 Å². The molecule has 0 saturated heterocycles. The van der Waals surface area contributed by atoms with Gasteiger partial charge in [-0.05, 0) is 30.0 Å². The Labute approximate surface area is 88.7 Å². The van der Waals surface area contributed by atoms with Gasteiger partial charge in [-0.2, -0.15) is 0 Å². The van der Waals surface area contributed by atoms with Crippen LogP contribution in [-0.4, -0.2) is 18.3 Å². The summed E-state index contributed by atoms with van der Waals surface area (Å²) in [6, 6.07) is 7.80. The Balaban J connectivity index is 2.19. The minimum Gasteiger partial charge on any atom is -0.396 e. The Hall–Kier alpha value is -0.570. The Morgan fingerprint density at radius 3 is 2.86 bits per heavy atom. The van der Waals surface area contributed by atoms with Gasteiger partial charge in [0.2, 0.25) is 0 Å². The highest BCUT2D eigenvalue weighted by Gasteiger charge is 2.53. The fourth-order valence-electron chi connectivity index (χ4n) is 2.01. The van der Waals surface area contributed by atoms with Gasteiger partial charge in [-0.3, -0.25) is 0 Å². The Morgan fingerprint density at radius 2 is 2.36 bits per heavy atom. The highest BCUT2D eigenvalue weighted by Crippen LogP contribution is 2.58. The monoisotopic (exact) mass is 211 g/mol. The van der Waals surface area contributed by atoms with Gasteiger partial charge < -0.3 is 10.8 Å².